The van der Waals surface area contributed by atoms with Crippen molar-refractivity contribution in [2.45, 2.75) is 16.7 Å². The van der Waals surface area contributed by atoms with Gasteiger partial charge in [0.05, 0.1) is 11.2 Å². The molecule has 19 heavy (non-hydrogen) atoms. The minimum Gasteiger partial charge on any atom is -0.397 e. The molecule has 2 aromatic carbocycles. The molecule has 1 aromatic heterocycles. The predicted molar refractivity (Wildman–Crippen MR) is 81.5 cm³/mol. The molecule has 0 saturated heterocycles. The zero-order valence-corrected chi connectivity index (χ0v) is 11.4. The molecular weight excluding hydrogens is 252 g/mol. The molecule has 0 bridgehead atoms. The Kier molecular flexibility index (Phi) is 3.13. The first-order chi connectivity index (χ1) is 9.24. The van der Waals surface area contributed by atoms with Gasteiger partial charge in [0.1, 0.15) is 0 Å². The lowest BCUT2D eigenvalue weighted by atomic mass is 10.2. The van der Waals surface area contributed by atoms with E-state index >= 15 is 0 Å². The van der Waals surface area contributed by atoms with E-state index < -0.39 is 0 Å². The third kappa shape index (κ3) is 2.42. The number of nitrogen functional groups attached to an aromatic ring is 1. The Morgan fingerprint density at radius 1 is 1.00 bits per heavy atom. The monoisotopic (exact) mass is 266 g/mol. The molecule has 0 fully saturated rings. The van der Waals surface area contributed by atoms with Crippen LogP contribution in [-0.4, -0.2) is 4.98 Å². The fourth-order valence-electron chi connectivity index (χ4n) is 2.00. The summed E-state index contributed by atoms with van der Waals surface area (Å²) in [6.45, 7) is 2.09. The maximum absolute atomic E-state index is 5.97. The highest BCUT2D eigenvalue weighted by Crippen LogP contribution is 2.34. The van der Waals surface area contributed by atoms with Crippen LogP contribution in [0.25, 0.3) is 10.9 Å². The van der Waals surface area contributed by atoms with Crippen molar-refractivity contribution in [3.63, 3.8) is 0 Å². The summed E-state index contributed by atoms with van der Waals surface area (Å²) in [4.78, 5) is 6.76. The van der Waals surface area contributed by atoms with E-state index in [2.05, 4.69) is 42.2 Å². The molecule has 0 aliphatic heterocycles. The lowest BCUT2D eigenvalue weighted by molar-refractivity contribution is 1.34. The normalized spacial score (nSPS) is 10.8. The standard InChI is InChI=1S/C16H14N2S/c1-11-5-7-12(8-6-11)19-15-9-10-18-16-13(15)3-2-4-14(16)17/h2-10H,17H2,1H3. The summed E-state index contributed by atoms with van der Waals surface area (Å²) in [5.41, 5.74) is 8.84. The fourth-order valence-corrected chi connectivity index (χ4v) is 2.93. The Morgan fingerprint density at radius 3 is 2.58 bits per heavy atom. The molecule has 2 N–H and O–H groups in total. The largest absolute Gasteiger partial charge is 0.397 e. The molecule has 0 saturated carbocycles. The minimum atomic E-state index is 0.726. The van der Waals surface area contributed by atoms with Crippen molar-refractivity contribution in [3.8, 4) is 0 Å². The van der Waals surface area contributed by atoms with Crippen molar-refractivity contribution in [3.05, 3.63) is 60.3 Å². The van der Waals surface area contributed by atoms with Crippen LogP contribution in [0.1, 0.15) is 5.56 Å². The fraction of sp³-hybridized carbons (Fsp3) is 0.0625. The van der Waals surface area contributed by atoms with Gasteiger partial charge in [0, 0.05) is 21.4 Å². The van der Waals surface area contributed by atoms with Crippen LogP contribution in [0, 0.1) is 6.92 Å². The summed E-state index contributed by atoms with van der Waals surface area (Å²) in [5.74, 6) is 0. The van der Waals surface area contributed by atoms with Gasteiger partial charge in [0.2, 0.25) is 0 Å². The molecule has 0 spiro atoms. The molecular formula is C16H14N2S. The number of para-hydroxylation sites is 1. The van der Waals surface area contributed by atoms with E-state index in [9.17, 15) is 0 Å². The van der Waals surface area contributed by atoms with Gasteiger partial charge >= 0.3 is 0 Å². The number of aromatic nitrogens is 1. The van der Waals surface area contributed by atoms with Crippen molar-refractivity contribution in [1.82, 2.24) is 4.98 Å². The molecule has 0 amide bonds. The molecule has 0 aliphatic carbocycles. The number of aryl methyl sites for hydroxylation is 1. The van der Waals surface area contributed by atoms with Gasteiger partial charge in [-0.25, -0.2) is 0 Å². The van der Waals surface area contributed by atoms with Gasteiger partial charge in [-0.1, -0.05) is 41.6 Å². The van der Waals surface area contributed by atoms with Crippen molar-refractivity contribution in [2.75, 3.05) is 5.73 Å². The van der Waals surface area contributed by atoms with Crippen molar-refractivity contribution in [1.29, 1.82) is 0 Å². The quantitative estimate of drug-likeness (QED) is 0.704. The van der Waals surface area contributed by atoms with Gasteiger partial charge in [-0.2, -0.15) is 0 Å². The maximum atomic E-state index is 5.97. The van der Waals surface area contributed by atoms with Gasteiger partial charge in [0.15, 0.2) is 0 Å². The van der Waals surface area contributed by atoms with E-state index in [0.29, 0.717) is 0 Å². The SMILES string of the molecule is Cc1ccc(Sc2ccnc3c(N)cccc23)cc1. The molecule has 0 radical (unpaired) electrons. The number of fused-ring (bicyclic) bond motifs is 1. The van der Waals surface area contributed by atoms with Crippen LogP contribution in [-0.2, 0) is 0 Å². The lowest BCUT2D eigenvalue weighted by Crippen LogP contribution is -1.90. The summed E-state index contributed by atoms with van der Waals surface area (Å²) in [7, 11) is 0. The minimum absolute atomic E-state index is 0.726. The summed E-state index contributed by atoms with van der Waals surface area (Å²) in [6.07, 6.45) is 1.81. The molecule has 0 aliphatic rings. The smallest absolute Gasteiger partial charge is 0.0942 e. The second-order valence-electron chi connectivity index (χ2n) is 4.47. The van der Waals surface area contributed by atoms with Crippen molar-refractivity contribution < 1.29 is 0 Å². The summed E-state index contributed by atoms with van der Waals surface area (Å²) < 4.78 is 0. The zero-order chi connectivity index (χ0) is 13.2. The van der Waals surface area contributed by atoms with Crippen LogP contribution < -0.4 is 5.73 Å². The van der Waals surface area contributed by atoms with Gasteiger partial charge in [0.25, 0.3) is 0 Å². The Hall–Kier alpha value is -2.00. The van der Waals surface area contributed by atoms with E-state index in [-0.39, 0.29) is 0 Å². The van der Waals surface area contributed by atoms with Crippen LogP contribution in [0.4, 0.5) is 5.69 Å². The number of nitrogens with zero attached hydrogens (tertiary/aromatic N) is 1. The Labute approximate surface area is 116 Å². The Bertz CT molecular complexity index is 720. The molecule has 1 heterocycles. The van der Waals surface area contributed by atoms with Crippen LogP contribution in [0.2, 0.25) is 0 Å². The van der Waals surface area contributed by atoms with Crippen LogP contribution in [0.5, 0.6) is 0 Å². The summed E-state index contributed by atoms with van der Waals surface area (Å²) in [6, 6.07) is 16.5. The topological polar surface area (TPSA) is 38.9 Å². The van der Waals surface area contributed by atoms with Gasteiger partial charge in [-0.05, 0) is 31.2 Å². The molecule has 2 nitrogen and oxygen atoms in total. The number of rotatable bonds is 2. The van der Waals surface area contributed by atoms with Crippen LogP contribution >= 0.6 is 11.8 Å². The highest BCUT2D eigenvalue weighted by Gasteiger charge is 2.05. The first-order valence-electron chi connectivity index (χ1n) is 6.12. The molecule has 0 atom stereocenters. The highest BCUT2D eigenvalue weighted by atomic mass is 32.2. The van der Waals surface area contributed by atoms with E-state index in [1.54, 1.807) is 11.8 Å². The third-order valence-electron chi connectivity index (χ3n) is 3.01. The van der Waals surface area contributed by atoms with Crippen LogP contribution in [0.3, 0.4) is 0 Å². The Morgan fingerprint density at radius 2 is 1.79 bits per heavy atom. The first kappa shape index (κ1) is 12.1. The van der Waals surface area contributed by atoms with Crippen molar-refractivity contribution >= 4 is 28.4 Å². The number of anilines is 1. The zero-order valence-electron chi connectivity index (χ0n) is 10.6. The average molecular weight is 266 g/mol. The average Bonchev–Trinajstić information content (AvgIpc) is 2.43. The summed E-state index contributed by atoms with van der Waals surface area (Å²) in [5, 5.41) is 1.10. The van der Waals surface area contributed by atoms with Gasteiger partial charge in [-0.3, -0.25) is 4.98 Å². The predicted octanol–water partition coefficient (Wildman–Crippen LogP) is 4.28. The number of hydrogen-bond acceptors (Lipinski definition) is 3. The highest BCUT2D eigenvalue weighted by molar-refractivity contribution is 7.99. The van der Waals surface area contributed by atoms with E-state index in [1.165, 1.54) is 15.4 Å². The van der Waals surface area contributed by atoms with Gasteiger partial charge < -0.3 is 5.73 Å². The number of hydrogen-bond donors (Lipinski definition) is 1. The second-order valence-corrected chi connectivity index (χ2v) is 5.58. The number of pyridine rings is 1. The first-order valence-corrected chi connectivity index (χ1v) is 6.93. The van der Waals surface area contributed by atoms with Crippen molar-refractivity contribution in [2.24, 2.45) is 0 Å². The molecule has 0 unspecified atom stereocenters. The van der Waals surface area contributed by atoms with E-state index in [1.807, 2.05) is 24.4 Å². The molecule has 3 rings (SSSR count). The maximum Gasteiger partial charge on any atom is 0.0942 e. The van der Waals surface area contributed by atoms with E-state index in [0.717, 1.165) is 16.6 Å². The van der Waals surface area contributed by atoms with Crippen LogP contribution in [0.15, 0.2) is 64.5 Å². The number of nitrogens with two attached hydrogens (primary N) is 1. The lowest BCUT2D eigenvalue weighted by Gasteiger charge is -2.07. The molecule has 94 valence electrons. The number of benzene rings is 2. The van der Waals surface area contributed by atoms with E-state index in [4.69, 9.17) is 5.73 Å². The summed E-state index contributed by atoms with van der Waals surface area (Å²) >= 11 is 1.74. The molecule has 3 aromatic rings. The Balaban J connectivity index is 2.06. The molecule has 3 heteroatoms. The third-order valence-corrected chi connectivity index (χ3v) is 4.09. The second kappa shape index (κ2) is 4.94. The van der Waals surface area contributed by atoms with Gasteiger partial charge in [-0.15, -0.1) is 0 Å².